The van der Waals surface area contributed by atoms with Crippen molar-refractivity contribution < 1.29 is 4.39 Å². The maximum atomic E-state index is 14.0. The number of rotatable bonds is 9. The number of hydrogen-bond acceptors (Lipinski definition) is 3. The minimum Gasteiger partial charge on any atom is -0.316 e. The molecule has 1 aromatic carbocycles. The Kier molecular flexibility index (Phi) is 7.86. The molecule has 4 heteroatoms. The van der Waals surface area contributed by atoms with Crippen molar-refractivity contribution in [1.29, 1.82) is 0 Å². The van der Waals surface area contributed by atoms with Gasteiger partial charge in [-0.25, -0.2) is 4.39 Å². The van der Waals surface area contributed by atoms with Crippen molar-refractivity contribution in [3.63, 3.8) is 0 Å². The molecule has 0 unspecified atom stereocenters. The highest BCUT2D eigenvalue weighted by atomic mass is 19.1. The summed E-state index contributed by atoms with van der Waals surface area (Å²) in [5.74, 6) is 0.476. The van der Waals surface area contributed by atoms with Gasteiger partial charge in [0.1, 0.15) is 5.82 Å². The molecule has 0 aliphatic carbocycles. The van der Waals surface area contributed by atoms with E-state index in [1.165, 1.54) is 0 Å². The molecule has 0 aliphatic heterocycles. The van der Waals surface area contributed by atoms with Crippen LogP contribution in [0.1, 0.15) is 25.0 Å². The Labute approximate surface area is 129 Å². The molecule has 1 aromatic rings. The first-order valence-electron chi connectivity index (χ1n) is 7.71. The van der Waals surface area contributed by atoms with E-state index in [1.54, 1.807) is 6.07 Å². The first kappa shape index (κ1) is 18.1. The van der Waals surface area contributed by atoms with Crippen molar-refractivity contribution in [3.8, 4) is 0 Å². The fraction of sp³-hybridized carbons (Fsp3) is 0.647. The molecule has 1 N–H and O–H groups in total. The summed E-state index contributed by atoms with van der Waals surface area (Å²) in [5.41, 5.74) is 1.92. The van der Waals surface area contributed by atoms with E-state index in [1.807, 2.05) is 19.2 Å². The Morgan fingerprint density at radius 3 is 2.48 bits per heavy atom. The Hall–Kier alpha value is -0.970. The minimum absolute atomic E-state index is 0.103. The van der Waals surface area contributed by atoms with Crippen molar-refractivity contribution in [1.82, 2.24) is 15.1 Å². The number of benzene rings is 1. The maximum Gasteiger partial charge on any atom is 0.127 e. The van der Waals surface area contributed by atoms with E-state index in [9.17, 15) is 4.39 Å². The lowest BCUT2D eigenvalue weighted by Crippen LogP contribution is -2.34. The fourth-order valence-electron chi connectivity index (χ4n) is 2.40. The summed E-state index contributed by atoms with van der Waals surface area (Å²) in [4.78, 5) is 4.51. The third kappa shape index (κ3) is 7.02. The summed E-state index contributed by atoms with van der Waals surface area (Å²) in [6.07, 6.45) is 0. The van der Waals surface area contributed by atoms with Gasteiger partial charge in [0, 0.05) is 38.3 Å². The van der Waals surface area contributed by atoms with Crippen molar-refractivity contribution >= 4 is 0 Å². The standard InChI is InChI=1S/C17H30FN3/c1-14(2)12-21(9-8-20(4)5)13-16-10-15(11-19-3)6-7-17(16)18/h6-7,10,14,19H,8-9,11-13H2,1-5H3. The molecule has 0 spiro atoms. The first-order chi connectivity index (χ1) is 9.92. The zero-order chi connectivity index (χ0) is 15.8. The van der Waals surface area contributed by atoms with Gasteiger partial charge in [0.25, 0.3) is 0 Å². The smallest absolute Gasteiger partial charge is 0.127 e. The summed E-state index contributed by atoms with van der Waals surface area (Å²) < 4.78 is 14.0. The van der Waals surface area contributed by atoms with Crippen LogP contribution in [-0.2, 0) is 13.1 Å². The van der Waals surface area contributed by atoms with Gasteiger partial charge >= 0.3 is 0 Å². The molecular formula is C17H30FN3. The summed E-state index contributed by atoms with van der Waals surface area (Å²) in [6.45, 7) is 8.80. The summed E-state index contributed by atoms with van der Waals surface area (Å²) in [5, 5.41) is 3.11. The average molecular weight is 295 g/mol. The summed E-state index contributed by atoms with van der Waals surface area (Å²) >= 11 is 0. The van der Waals surface area contributed by atoms with E-state index < -0.39 is 0 Å². The molecule has 0 aromatic heterocycles. The lowest BCUT2D eigenvalue weighted by molar-refractivity contribution is 0.209. The largest absolute Gasteiger partial charge is 0.316 e. The van der Waals surface area contributed by atoms with Crippen LogP contribution in [0.4, 0.5) is 4.39 Å². The Morgan fingerprint density at radius 2 is 1.90 bits per heavy atom. The van der Waals surface area contributed by atoms with Crippen molar-refractivity contribution in [2.75, 3.05) is 40.8 Å². The molecule has 21 heavy (non-hydrogen) atoms. The van der Waals surface area contributed by atoms with Crippen molar-refractivity contribution in [2.24, 2.45) is 5.92 Å². The third-order valence-corrected chi connectivity index (χ3v) is 3.37. The quantitative estimate of drug-likeness (QED) is 0.755. The third-order valence-electron chi connectivity index (χ3n) is 3.37. The van der Waals surface area contributed by atoms with Gasteiger partial charge < -0.3 is 10.2 Å². The Balaban J connectivity index is 2.78. The van der Waals surface area contributed by atoms with E-state index in [2.05, 4.69) is 43.1 Å². The number of nitrogens with one attached hydrogen (secondary N) is 1. The molecule has 1 rings (SSSR count). The predicted octanol–water partition coefficient (Wildman–Crippen LogP) is 2.56. The molecular weight excluding hydrogens is 265 g/mol. The number of nitrogens with zero attached hydrogens (tertiary/aromatic N) is 2. The molecule has 0 saturated carbocycles. The van der Waals surface area contributed by atoms with Crippen molar-refractivity contribution in [2.45, 2.75) is 26.9 Å². The van der Waals surface area contributed by atoms with Gasteiger partial charge in [-0.2, -0.15) is 0 Å². The summed E-state index contributed by atoms with van der Waals surface area (Å²) in [7, 11) is 6.05. The van der Waals surface area contributed by atoms with Gasteiger partial charge in [0.05, 0.1) is 0 Å². The highest BCUT2D eigenvalue weighted by molar-refractivity contribution is 5.25. The van der Waals surface area contributed by atoms with E-state index in [4.69, 9.17) is 0 Å². The van der Waals surface area contributed by atoms with Crippen LogP contribution in [-0.4, -0.2) is 50.6 Å². The highest BCUT2D eigenvalue weighted by Crippen LogP contribution is 2.14. The Morgan fingerprint density at radius 1 is 1.19 bits per heavy atom. The van der Waals surface area contributed by atoms with E-state index in [0.717, 1.165) is 37.3 Å². The van der Waals surface area contributed by atoms with Crippen LogP contribution in [0.5, 0.6) is 0 Å². The van der Waals surface area contributed by atoms with Gasteiger partial charge in [-0.15, -0.1) is 0 Å². The van der Waals surface area contributed by atoms with Crippen LogP contribution < -0.4 is 5.32 Å². The van der Waals surface area contributed by atoms with Gasteiger partial charge in [-0.05, 0) is 38.7 Å². The van der Waals surface area contributed by atoms with Crippen molar-refractivity contribution in [3.05, 3.63) is 35.1 Å². The topological polar surface area (TPSA) is 18.5 Å². The molecule has 0 saturated heterocycles. The molecule has 0 amide bonds. The maximum absolute atomic E-state index is 14.0. The molecule has 3 nitrogen and oxygen atoms in total. The normalized spacial score (nSPS) is 11.9. The van der Waals surface area contributed by atoms with Crippen LogP contribution in [0.3, 0.4) is 0 Å². The van der Waals surface area contributed by atoms with E-state index in [0.29, 0.717) is 12.5 Å². The van der Waals surface area contributed by atoms with E-state index in [-0.39, 0.29) is 5.82 Å². The lowest BCUT2D eigenvalue weighted by Gasteiger charge is -2.26. The SMILES string of the molecule is CNCc1ccc(F)c(CN(CCN(C)C)CC(C)C)c1. The highest BCUT2D eigenvalue weighted by Gasteiger charge is 2.12. The fourth-order valence-corrected chi connectivity index (χ4v) is 2.40. The molecule has 0 bridgehead atoms. The zero-order valence-electron chi connectivity index (χ0n) is 14.1. The predicted molar refractivity (Wildman–Crippen MR) is 87.8 cm³/mol. The molecule has 0 atom stereocenters. The number of halogens is 1. The van der Waals surface area contributed by atoms with Gasteiger partial charge in [0.15, 0.2) is 0 Å². The van der Waals surface area contributed by atoms with Gasteiger partial charge in [-0.1, -0.05) is 26.0 Å². The molecule has 0 radical (unpaired) electrons. The summed E-state index contributed by atoms with van der Waals surface area (Å²) in [6, 6.07) is 5.41. The van der Waals surface area contributed by atoms with Crippen LogP contribution in [0.2, 0.25) is 0 Å². The van der Waals surface area contributed by atoms with Crippen LogP contribution in [0, 0.1) is 11.7 Å². The second-order valence-corrected chi connectivity index (χ2v) is 6.39. The average Bonchev–Trinajstić information content (AvgIpc) is 2.39. The lowest BCUT2D eigenvalue weighted by atomic mass is 10.1. The number of hydrogen-bond donors (Lipinski definition) is 1. The van der Waals surface area contributed by atoms with Crippen LogP contribution in [0.25, 0.3) is 0 Å². The molecule has 0 fully saturated rings. The van der Waals surface area contributed by atoms with Gasteiger partial charge in [0.2, 0.25) is 0 Å². The molecule has 0 heterocycles. The number of likely N-dealkylation sites (N-methyl/N-ethyl adjacent to an activating group) is 1. The first-order valence-corrected chi connectivity index (χ1v) is 7.71. The van der Waals surface area contributed by atoms with Crippen LogP contribution >= 0.6 is 0 Å². The second kappa shape index (κ2) is 9.13. The minimum atomic E-state index is -0.103. The Bertz CT molecular complexity index is 418. The van der Waals surface area contributed by atoms with Crippen LogP contribution in [0.15, 0.2) is 18.2 Å². The molecule has 0 aliphatic rings. The zero-order valence-corrected chi connectivity index (χ0v) is 14.1. The molecule has 120 valence electrons. The van der Waals surface area contributed by atoms with Gasteiger partial charge in [-0.3, -0.25) is 4.90 Å². The van der Waals surface area contributed by atoms with E-state index >= 15 is 0 Å². The monoisotopic (exact) mass is 295 g/mol. The second-order valence-electron chi connectivity index (χ2n) is 6.39.